The van der Waals surface area contributed by atoms with Crippen molar-refractivity contribution in [1.82, 2.24) is 0 Å². The Morgan fingerprint density at radius 1 is 0.326 bits per heavy atom. The largest absolute Gasteiger partial charge is 0.456 e. The average molecular weight is 552 g/mol. The lowest BCUT2D eigenvalue weighted by Gasteiger charge is -2.28. The van der Waals surface area contributed by atoms with Gasteiger partial charge in [-0.25, -0.2) is 0 Å². The van der Waals surface area contributed by atoms with Crippen molar-refractivity contribution in [3.05, 3.63) is 152 Å². The molecule has 0 saturated heterocycles. The fourth-order valence-electron chi connectivity index (χ4n) is 6.54. The minimum Gasteiger partial charge on any atom is -0.456 e. The monoisotopic (exact) mass is 551 g/mol. The van der Waals surface area contributed by atoms with Gasteiger partial charge in [-0.1, -0.05) is 97.1 Å². The molecule has 0 amide bonds. The minimum absolute atomic E-state index is 0.869. The Hall–Kier alpha value is -5.80. The number of benzene rings is 7. The smallest absolute Gasteiger partial charge is 0.137 e. The van der Waals surface area contributed by atoms with Crippen LogP contribution in [0.2, 0.25) is 0 Å². The van der Waals surface area contributed by atoms with Crippen LogP contribution in [0.15, 0.2) is 160 Å². The van der Waals surface area contributed by atoms with Gasteiger partial charge >= 0.3 is 0 Å². The molecule has 0 bridgehead atoms. The van der Waals surface area contributed by atoms with E-state index in [0.29, 0.717) is 0 Å². The zero-order valence-corrected chi connectivity index (χ0v) is 23.2. The lowest BCUT2D eigenvalue weighted by atomic mass is 10.00. The van der Waals surface area contributed by atoms with E-state index >= 15 is 0 Å². The summed E-state index contributed by atoms with van der Waals surface area (Å²) in [5.41, 5.74) is 9.16. The number of anilines is 3. The second-order valence-electron chi connectivity index (χ2n) is 10.9. The molecule has 3 heteroatoms. The second-order valence-corrected chi connectivity index (χ2v) is 10.9. The predicted molar refractivity (Wildman–Crippen MR) is 179 cm³/mol. The first kappa shape index (κ1) is 23.9. The molecule has 0 saturated carbocycles. The molecule has 0 spiro atoms. The van der Waals surface area contributed by atoms with E-state index in [4.69, 9.17) is 8.83 Å². The molecular weight excluding hydrogens is 526 g/mol. The molecule has 0 aliphatic carbocycles. The molecule has 9 rings (SSSR count). The van der Waals surface area contributed by atoms with Gasteiger partial charge in [0.25, 0.3) is 0 Å². The van der Waals surface area contributed by atoms with E-state index in [1.807, 2.05) is 24.3 Å². The number of nitrogens with zero attached hydrogens (tertiary/aromatic N) is 1. The number of hydrogen-bond acceptors (Lipinski definition) is 3. The van der Waals surface area contributed by atoms with Crippen molar-refractivity contribution in [3.63, 3.8) is 0 Å². The zero-order valence-electron chi connectivity index (χ0n) is 23.2. The number of rotatable bonds is 4. The summed E-state index contributed by atoms with van der Waals surface area (Å²) in [4.78, 5) is 2.37. The molecule has 43 heavy (non-hydrogen) atoms. The Bertz CT molecular complexity index is 2450. The quantitative estimate of drug-likeness (QED) is 0.218. The summed E-state index contributed by atoms with van der Waals surface area (Å²) in [6, 6.07) is 53.1. The summed E-state index contributed by atoms with van der Waals surface area (Å²) in [5, 5.41) is 6.77. The topological polar surface area (TPSA) is 29.5 Å². The normalized spacial score (nSPS) is 11.7. The van der Waals surface area contributed by atoms with Crippen LogP contribution in [0.1, 0.15) is 0 Å². The molecule has 0 radical (unpaired) electrons. The summed E-state index contributed by atoms with van der Waals surface area (Å²) in [6.45, 7) is 0. The van der Waals surface area contributed by atoms with E-state index in [1.165, 1.54) is 11.1 Å². The molecule has 2 heterocycles. The molecule has 0 fully saturated rings. The van der Waals surface area contributed by atoms with Gasteiger partial charge in [-0.05, 0) is 71.1 Å². The van der Waals surface area contributed by atoms with E-state index in [1.54, 1.807) is 0 Å². The number of fused-ring (bicyclic) bond motifs is 8. The van der Waals surface area contributed by atoms with Crippen LogP contribution in [0.25, 0.3) is 65.8 Å². The fraction of sp³-hybridized carbons (Fsp3) is 0. The van der Waals surface area contributed by atoms with Gasteiger partial charge in [0.2, 0.25) is 0 Å². The first-order chi connectivity index (χ1) is 21.3. The highest BCUT2D eigenvalue weighted by Gasteiger charge is 2.22. The van der Waals surface area contributed by atoms with Gasteiger partial charge in [0.1, 0.15) is 22.3 Å². The van der Waals surface area contributed by atoms with E-state index in [2.05, 4.69) is 132 Å². The van der Waals surface area contributed by atoms with Crippen LogP contribution < -0.4 is 4.90 Å². The van der Waals surface area contributed by atoms with Crippen LogP contribution >= 0.6 is 0 Å². The minimum atomic E-state index is 0.869. The van der Waals surface area contributed by atoms with Gasteiger partial charge < -0.3 is 13.7 Å². The standard InChI is InChI=1S/C40H25NO2/c1-2-10-26(11-3-1)27-20-22-28(23-21-27)41(34-16-9-19-37-40(34)32-13-5-7-18-36(32)42-37)33-15-8-14-30-29(33)24-25-38-39(30)31-12-4-6-17-35(31)43-38/h1-25H. The third-order valence-electron chi connectivity index (χ3n) is 8.47. The maximum absolute atomic E-state index is 6.34. The number of hydrogen-bond donors (Lipinski definition) is 0. The Morgan fingerprint density at radius 2 is 0.884 bits per heavy atom. The van der Waals surface area contributed by atoms with Crippen LogP contribution in [-0.2, 0) is 0 Å². The Labute approximate surface area is 247 Å². The van der Waals surface area contributed by atoms with Crippen LogP contribution in [0.4, 0.5) is 17.1 Å². The third-order valence-corrected chi connectivity index (χ3v) is 8.47. The van der Waals surface area contributed by atoms with Crippen LogP contribution in [0.3, 0.4) is 0 Å². The molecule has 0 N–H and O–H groups in total. The second kappa shape index (κ2) is 9.37. The SMILES string of the molecule is c1ccc(-c2ccc(N(c3cccc4c3ccc3oc5ccccc5c34)c3cccc4oc5ccccc5c34)cc2)cc1. The van der Waals surface area contributed by atoms with Crippen molar-refractivity contribution in [1.29, 1.82) is 0 Å². The molecule has 0 aliphatic rings. The maximum Gasteiger partial charge on any atom is 0.137 e. The van der Waals surface area contributed by atoms with Gasteiger partial charge in [-0.15, -0.1) is 0 Å². The molecule has 7 aromatic carbocycles. The van der Waals surface area contributed by atoms with Gasteiger partial charge in [0, 0.05) is 27.2 Å². The average Bonchev–Trinajstić information content (AvgIpc) is 3.65. The third kappa shape index (κ3) is 3.68. The highest BCUT2D eigenvalue weighted by Crippen LogP contribution is 2.46. The first-order valence-corrected chi connectivity index (χ1v) is 14.5. The van der Waals surface area contributed by atoms with Gasteiger partial charge in [-0.3, -0.25) is 0 Å². The Balaban J connectivity index is 1.34. The highest BCUT2D eigenvalue weighted by atomic mass is 16.3. The van der Waals surface area contributed by atoms with Crippen LogP contribution in [0.5, 0.6) is 0 Å². The summed E-state index contributed by atoms with van der Waals surface area (Å²) < 4.78 is 12.6. The molecule has 0 aliphatic heterocycles. The fourth-order valence-corrected chi connectivity index (χ4v) is 6.54. The van der Waals surface area contributed by atoms with E-state index in [-0.39, 0.29) is 0 Å². The zero-order chi connectivity index (χ0) is 28.3. The summed E-state index contributed by atoms with van der Waals surface area (Å²) in [5.74, 6) is 0. The van der Waals surface area contributed by atoms with Crippen molar-refractivity contribution in [2.75, 3.05) is 4.90 Å². The van der Waals surface area contributed by atoms with E-state index in [9.17, 15) is 0 Å². The van der Waals surface area contributed by atoms with Gasteiger partial charge in [0.05, 0.1) is 16.8 Å². The van der Waals surface area contributed by atoms with Gasteiger partial charge in [-0.2, -0.15) is 0 Å². The van der Waals surface area contributed by atoms with Crippen molar-refractivity contribution in [2.45, 2.75) is 0 Å². The molecule has 9 aromatic rings. The van der Waals surface area contributed by atoms with Crippen molar-refractivity contribution >= 4 is 71.7 Å². The van der Waals surface area contributed by atoms with E-state index < -0.39 is 0 Å². The number of para-hydroxylation sites is 2. The molecular formula is C40H25NO2. The molecule has 3 nitrogen and oxygen atoms in total. The van der Waals surface area contributed by atoms with Gasteiger partial charge in [0.15, 0.2) is 0 Å². The Kier molecular flexibility index (Phi) is 5.20. The van der Waals surface area contributed by atoms with Crippen molar-refractivity contribution in [2.24, 2.45) is 0 Å². The van der Waals surface area contributed by atoms with E-state index in [0.717, 1.165) is 71.7 Å². The lowest BCUT2D eigenvalue weighted by molar-refractivity contribution is 0.668. The highest BCUT2D eigenvalue weighted by molar-refractivity contribution is 6.22. The predicted octanol–water partition coefficient (Wildman–Crippen LogP) is 11.8. The summed E-state index contributed by atoms with van der Waals surface area (Å²) in [7, 11) is 0. The first-order valence-electron chi connectivity index (χ1n) is 14.5. The lowest BCUT2D eigenvalue weighted by Crippen LogP contribution is -2.11. The van der Waals surface area contributed by atoms with Crippen molar-refractivity contribution < 1.29 is 8.83 Å². The molecule has 202 valence electrons. The van der Waals surface area contributed by atoms with Crippen LogP contribution in [-0.4, -0.2) is 0 Å². The molecule has 0 atom stereocenters. The van der Waals surface area contributed by atoms with Crippen LogP contribution in [0, 0.1) is 0 Å². The van der Waals surface area contributed by atoms with Crippen molar-refractivity contribution in [3.8, 4) is 11.1 Å². The summed E-state index contributed by atoms with van der Waals surface area (Å²) >= 11 is 0. The Morgan fingerprint density at radius 3 is 1.65 bits per heavy atom. The molecule has 0 unspecified atom stereocenters. The molecule has 2 aromatic heterocycles. The number of furan rings is 2. The maximum atomic E-state index is 6.34. The summed E-state index contributed by atoms with van der Waals surface area (Å²) in [6.07, 6.45) is 0.